The van der Waals surface area contributed by atoms with E-state index in [1.807, 2.05) is 6.92 Å². The molecule has 2 heteroatoms. The number of hydrogen-bond acceptors (Lipinski definition) is 2. The van der Waals surface area contributed by atoms with Crippen molar-refractivity contribution >= 4 is 5.97 Å². The monoisotopic (exact) mass is 306 g/mol. The highest BCUT2D eigenvalue weighted by Crippen LogP contribution is 2.61. The zero-order valence-corrected chi connectivity index (χ0v) is 13.9. The second kappa shape index (κ2) is 4.70. The zero-order valence-electron chi connectivity index (χ0n) is 13.9. The maximum Gasteiger partial charge on any atom is 0.310 e. The van der Waals surface area contributed by atoms with Gasteiger partial charge in [0.2, 0.25) is 0 Å². The van der Waals surface area contributed by atoms with Crippen LogP contribution in [0.4, 0.5) is 0 Å². The molecule has 0 fully saturated rings. The second-order valence-electron chi connectivity index (χ2n) is 7.13. The highest BCUT2D eigenvalue weighted by atomic mass is 16.5. The lowest BCUT2D eigenvalue weighted by atomic mass is 9.46. The third-order valence-electron chi connectivity index (χ3n) is 6.04. The van der Waals surface area contributed by atoms with E-state index in [4.69, 9.17) is 4.74 Å². The van der Waals surface area contributed by atoms with Crippen molar-refractivity contribution in [1.82, 2.24) is 0 Å². The van der Waals surface area contributed by atoms with E-state index < -0.39 is 0 Å². The predicted octanol–water partition coefficient (Wildman–Crippen LogP) is 4.20. The molecule has 3 aliphatic rings. The first kappa shape index (κ1) is 14.5. The van der Waals surface area contributed by atoms with E-state index in [1.165, 1.54) is 22.3 Å². The predicted molar refractivity (Wildman–Crippen MR) is 90.5 cm³/mol. The molecule has 0 aliphatic heterocycles. The van der Waals surface area contributed by atoms with Crippen LogP contribution < -0.4 is 0 Å². The Labute approximate surface area is 137 Å². The van der Waals surface area contributed by atoms with Gasteiger partial charge < -0.3 is 4.74 Å². The van der Waals surface area contributed by atoms with Crippen LogP contribution in [0.15, 0.2) is 48.5 Å². The highest BCUT2D eigenvalue weighted by Gasteiger charge is 2.58. The number of fused-ring (bicyclic) bond motifs is 1. The standard InChI is InChI=1S/C21H22O2/c1-4-23-19(22)18-13-20(2)14-9-5-7-11-16(14)21(18,3)17-12-8-6-10-15(17)20/h5-12,18H,4,13H2,1-3H3/t18-,20?,21?/m1/s1. The van der Waals surface area contributed by atoms with Gasteiger partial charge in [0.1, 0.15) is 0 Å². The minimum atomic E-state index is -0.308. The number of carbonyl (C=O) groups is 1. The quantitative estimate of drug-likeness (QED) is 0.778. The Morgan fingerprint density at radius 2 is 1.48 bits per heavy atom. The first-order valence-corrected chi connectivity index (χ1v) is 8.40. The SMILES string of the molecule is CCOC(=O)[C@H]1CC2(C)c3ccccc3C1(C)c1ccccc12. The molecular weight excluding hydrogens is 284 g/mol. The minimum absolute atomic E-state index is 0.0646. The van der Waals surface area contributed by atoms with Crippen molar-refractivity contribution < 1.29 is 9.53 Å². The molecule has 0 radical (unpaired) electrons. The minimum Gasteiger partial charge on any atom is -0.466 e. The van der Waals surface area contributed by atoms with Crippen LogP contribution in [-0.4, -0.2) is 12.6 Å². The van der Waals surface area contributed by atoms with Crippen molar-refractivity contribution in [3.63, 3.8) is 0 Å². The van der Waals surface area contributed by atoms with Crippen molar-refractivity contribution in [3.8, 4) is 0 Å². The molecule has 2 aromatic carbocycles. The van der Waals surface area contributed by atoms with Crippen LogP contribution in [-0.2, 0) is 20.4 Å². The first-order valence-electron chi connectivity index (χ1n) is 8.40. The van der Waals surface area contributed by atoms with Gasteiger partial charge in [-0.25, -0.2) is 0 Å². The molecule has 0 saturated carbocycles. The molecule has 118 valence electrons. The van der Waals surface area contributed by atoms with Gasteiger partial charge >= 0.3 is 5.97 Å². The highest BCUT2D eigenvalue weighted by molar-refractivity contribution is 5.80. The van der Waals surface area contributed by atoms with Crippen LogP contribution in [0.1, 0.15) is 49.4 Å². The van der Waals surface area contributed by atoms with Gasteiger partial charge in [0.05, 0.1) is 12.5 Å². The van der Waals surface area contributed by atoms with Gasteiger partial charge in [0.25, 0.3) is 0 Å². The van der Waals surface area contributed by atoms with Crippen molar-refractivity contribution in [2.45, 2.75) is 38.0 Å². The Kier molecular flexibility index (Phi) is 2.96. The van der Waals surface area contributed by atoms with Gasteiger partial charge in [-0.3, -0.25) is 4.79 Å². The van der Waals surface area contributed by atoms with E-state index in [0.717, 1.165) is 6.42 Å². The Morgan fingerprint density at radius 3 is 1.96 bits per heavy atom. The molecule has 3 aliphatic carbocycles. The summed E-state index contributed by atoms with van der Waals surface area (Å²) in [6.45, 7) is 6.80. The average Bonchev–Trinajstić information content (AvgIpc) is 2.58. The summed E-state index contributed by atoms with van der Waals surface area (Å²) in [5.74, 6) is -0.192. The summed E-state index contributed by atoms with van der Waals surface area (Å²) in [6.07, 6.45) is 0.816. The van der Waals surface area contributed by atoms with Crippen LogP contribution in [0.5, 0.6) is 0 Å². The van der Waals surface area contributed by atoms with Crippen LogP contribution in [0.2, 0.25) is 0 Å². The normalized spacial score (nSPS) is 30.5. The summed E-state index contributed by atoms with van der Waals surface area (Å²) >= 11 is 0. The van der Waals surface area contributed by atoms with E-state index in [1.54, 1.807) is 0 Å². The molecule has 0 heterocycles. The van der Waals surface area contributed by atoms with Gasteiger partial charge in [0, 0.05) is 10.8 Å². The molecule has 0 saturated heterocycles. The molecule has 0 N–H and O–H groups in total. The summed E-state index contributed by atoms with van der Waals surface area (Å²) in [4.78, 5) is 12.7. The van der Waals surface area contributed by atoms with Gasteiger partial charge in [0.15, 0.2) is 0 Å². The van der Waals surface area contributed by atoms with Gasteiger partial charge in [-0.2, -0.15) is 0 Å². The molecule has 2 bridgehead atoms. The Balaban J connectivity index is 2.03. The second-order valence-corrected chi connectivity index (χ2v) is 7.13. The number of rotatable bonds is 2. The van der Waals surface area contributed by atoms with E-state index in [9.17, 15) is 4.79 Å². The molecule has 0 aromatic heterocycles. The van der Waals surface area contributed by atoms with E-state index in [0.29, 0.717) is 6.61 Å². The summed E-state index contributed by atoms with van der Waals surface area (Å²) in [7, 11) is 0. The number of hydrogen-bond donors (Lipinski definition) is 0. The smallest absolute Gasteiger partial charge is 0.310 e. The molecule has 0 amide bonds. The lowest BCUT2D eigenvalue weighted by molar-refractivity contribution is -0.151. The van der Waals surface area contributed by atoms with Crippen molar-refractivity contribution in [2.24, 2.45) is 5.92 Å². The Morgan fingerprint density at radius 1 is 1.00 bits per heavy atom. The number of ether oxygens (including phenoxy) is 1. The molecule has 0 spiro atoms. The van der Waals surface area contributed by atoms with Gasteiger partial charge in [-0.1, -0.05) is 62.4 Å². The topological polar surface area (TPSA) is 26.3 Å². The number of benzene rings is 2. The summed E-state index contributed by atoms with van der Waals surface area (Å²) in [6, 6.07) is 17.2. The first-order chi connectivity index (χ1) is 11.0. The van der Waals surface area contributed by atoms with Crippen molar-refractivity contribution in [2.75, 3.05) is 6.61 Å². The van der Waals surface area contributed by atoms with E-state index in [2.05, 4.69) is 62.4 Å². The largest absolute Gasteiger partial charge is 0.466 e. The van der Waals surface area contributed by atoms with Crippen LogP contribution in [0.3, 0.4) is 0 Å². The fourth-order valence-electron chi connectivity index (χ4n) is 4.89. The maximum absolute atomic E-state index is 12.7. The molecular formula is C21H22O2. The summed E-state index contributed by atoms with van der Waals surface area (Å²) in [5.41, 5.74) is 4.86. The molecule has 23 heavy (non-hydrogen) atoms. The van der Waals surface area contributed by atoms with E-state index >= 15 is 0 Å². The lowest BCUT2D eigenvalue weighted by Crippen LogP contribution is -2.54. The maximum atomic E-state index is 12.7. The fourth-order valence-corrected chi connectivity index (χ4v) is 4.89. The number of carbonyl (C=O) groups excluding carboxylic acids is 1. The Hall–Kier alpha value is -2.09. The summed E-state index contributed by atoms with van der Waals surface area (Å²) in [5, 5.41) is 0. The molecule has 2 nitrogen and oxygen atoms in total. The third kappa shape index (κ3) is 1.67. The molecule has 2 aromatic rings. The third-order valence-corrected chi connectivity index (χ3v) is 6.04. The van der Waals surface area contributed by atoms with Crippen molar-refractivity contribution in [3.05, 3.63) is 70.8 Å². The molecule has 0 unspecified atom stereocenters. The van der Waals surface area contributed by atoms with E-state index in [-0.39, 0.29) is 22.7 Å². The average molecular weight is 306 g/mol. The Bertz CT molecular complexity index is 742. The zero-order chi connectivity index (χ0) is 16.2. The van der Waals surface area contributed by atoms with Crippen LogP contribution in [0, 0.1) is 5.92 Å². The van der Waals surface area contributed by atoms with Crippen molar-refractivity contribution in [1.29, 1.82) is 0 Å². The molecule has 1 atom stereocenters. The van der Waals surface area contributed by atoms with Gasteiger partial charge in [-0.05, 0) is 35.6 Å². The fraction of sp³-hybridized carbons (Fsp3) is 0.381. The summed E-state index contributed by atoms with van der Waals surface area (Å²) < 4.78 is 5.44. The lowest BCUT2D eigenvalue weighted by Gasteiger charge is -2.56. The van der Waals surface area contributed by atoms with Crippen LogP contribution in [0.25, 0.3) is 0 Å². The molecule has 5 rings (SSSR count). The van der Waals surface area contributed by atoms with Crippen LogP contribution >= 0.6 is 0 Å². The number of esters is 1. The van der Waals surface area contributed by atoms with Gasteiger partial charge in [-0.15, -0.1) is 0 Å².